The lowest BCUT2D eigenvalue weighted by Crippen LogP contribution is -2.27. The molecule has 0 aliphatic rings. The van der Waals surface area contributed by atoms with Crippen molar-refractivity contribution in [2.75, 3.05) is 0 Å². The van der Waals surface area contributed by atoms with Gasteiger partial charge in [-0.15, -0.1) is 0 Å². The molecule has 0 fully saturated rings. The molecule has 0 saturated carbocycles. The van der Waals surface area contributed by atoms with Crippen LogP contribution in [0.5, 0.6) is 11.5 Å². The summed E-state index contributed by atoms with van der Waals surface area (Å²) in [5, 5.41) is 19.4. The number of hydrogen-bond donors (Lipinski definition) is 2. The number of rotatable bonds is 11. The van der Waals surface area contributed by atoms with Crippen molar-refractivity contribution in [2.45, 2.75) is 77.0 Å². The van der Waals surface area contributed by atoms with Gasteiger partial charge in [0.2, 0.25) is 0 Å². The zero-order valence-corrected chi connectivity index (χ0v) is 16.4. The van der Waals surface area contributed by atoms with Gasteiger partial charge in [-0.1, -0.05) is 83.1 Å². The van der Waals surface area contributed by atoms with Crippen molar-refractivity contribution in [3.8, 4) is 11.5 Å². The van der Waals surface area contributed by atoms with E-state index >= 15 is 0 Å². The second kappa shape index (κ2) is 10.3. The van der Waals surface area contributed by atoms with Crippen LogP contribution in [0.2, 0.25) is 0 Å². The van der Waals surface area contributed by atoms with E-state index in [9.17, 15) is 10.2 Å². The second-order valence-electron chi connectivity index (χ2n) is 7.44. The molecule has 2 N–H and O–H groups in total. The molecule has 0 aliphatic heterocycles. The largest absolute Gasteiger partial charge is 0.508 e. The van der Waals surface area contributed by atoms with Gasteiger partial charge in [0.05, 0.1) is 0 Å². The van der Waals surface area contributed by atoms with Crippen molar-refractivity contribution in [3.05, 3.63) is 59.7 Å². The summed E-state index contributed by atoms with van der Waals surface area (Å²) in [7, 11) is 0. The Bertz CT molecular complexity index is 583. The van der Waals surface area contributed by atoms with Gasteiger partial charge in [-0.05, 0) is 48.2 Å². The van der Waals surface area contributed by atoms with Crippen LogP contribution in [0.3, 0.4) is 0 Å². The molecule has 0 bridgehead atoms. The van der Waals surface area contributed by atoms with Crippen molar-refractivity contribution < 1.29 is 10.2 Å². The van der Waals surface area contributed by atoms with E-state index in [1.54, 1.807) is 24.3 Å². The minimum absolute atomic E-state index is 0.0547. The third-order valence-electron chi connectivity index (χ3n) is 5.47. The first-order valence-corrected chi connectivity index (χ1v) is 10.2. The summed E-state index contributed by atoms with van der Waals surface area (Å²) in [6, 6.07) is 15.4. The summed E-state index contributed by atoms with van der Waals surface area (Å²) in [4.78, 5) is 0. The van der Waals surface area contributed by atoms with Gasteiger partial charge in [0, 0.05) is 5.41 Å². The summed E-state index contributed by atoms with van der Waals surface area (Å²) in [6.07, 6.45) is 11.0. The first kappa shape index (κ1) is 20.4. The van der Waals surface area contributed by atoms with E-state index in [4.69, 9.17) is 0 Å². The molecule has 2 heteroatoms. The predicted octanol–water partition coefficient (Wildman–Crippen LogP) is 6.93. The van der Waals surface area contributed by atoms with E-state index in [0.717, 1.165) is 19.3 Å². The molecule has 0 saturated heterocycles. The average molecular weight is 355 g/mol. The maximum atomic E-state index is 9.72. The van der Waals surface area contributed by atoms with Crippen LogP contribution in [0.25, 0.3) is 0 Å². The number of phenolic OH excluding ortho intramolecular Hbond substituents is 2. The molecule has 0 aromatic heterocycles. The van der Waals surface area contributed by atoms with Crippen LogP contribution in [0.1, 0.15) is 82.8 Å². The van der Waals surface area contributed by atoms with E-state index < -0.39 is 0 Å². The Hall–Kier alpha value is -1.96. The van der Waals surface area contributed by atoms with Gasteiger partial charge in [-0.3, -0.25) is 0 Å². The van der Waals surface area contributed by atoms with Gasteiger partial charge in [-0.25, -0.2) is 0 Å². The summed E-state index contributed by atoms with van der Waals surface area (Å²) in [5.41, 5.74) is 2.47. The fourth-order valence-corrected chi connectivity index (χ4v) is 4.06. The highest BCUT2D eigenvalue weighted by Gasteiger charge is 2.32. The van der Waals surface area contributed by atoms with Gasteiger partial charge in [-0.2, -0.15) is 0 Å². The van der Waals surface area contributed by atoms with Gasteiger partial charge in [0.1, 0.15) is 11.5 Å². The molecule has 26 heavy (non-hydrogen) atoms. The monoisotopic (exact) mass is 354 g/mol. The van der Waals surface area contributed by atoms with Crippen LogP contribution >= 0.6 is 0 Å². The number of hydrogen-bond acceptors (Lipinski definition) is 2. The lowest BCUT2D eigenvalue weighted by atomic mass is 9.68. The van der Waals surface area contributed by atoms with Crippen molar-refractivity contribution in [2.24, 2.45) is 0 Å². The van der Waals surface area contributed by atoms with Gasteiger partial charge >= 0.3 is 0 Å². The molecule has 0 spiro atoms. The molecule has 2 rings (SSSR count). The molecule has 2 aromatic rings. The van der Waals surface area contributed by atoms with Crippen LogP contribution in [0.4, 0.5) is 0 Å². The highest BCUT2D eigenvalue weighted by molar-refractivity contribution is 5.43. The van der Waals surface area contributed by atoms with Crippen LogP contribution in [-0.4, -0.2) is 10.2 Å². The van der Waals surface area contributed by atoms with Gasteiger partial charge in [0.15, 0.2) is 0 Å². The SMILES string of the molecule is CCCCCCCCC(CCC)(c1ccc(O)cc1)c1ccc(O)cc1. The Kier molecular flexibility index (Phi) is 8.03. The van der Waals surface area contributed by atoms with Crippen LogP contribution in [0, 0.1) is 0 Å². The lowest BCUT2D eigenvalue weighted by molar-refractivity contribution is 0.404. The molecular formula is C24H34O2. The fraction of sp³-hybridized carbons (Fsp3) is 0.500. The Morgan fingerprint density at radius 2 is 1.04 bits per heavy atom. The molecule has 2 nitrogen and oxygen atoms in total. The molecule has 2 aromatic carbocycles. The number of aromatic hydroxyl groups is 2. The van der Waals surface area contributed by atoms with Crippen LogP contribution in [0.15, 0.2) is 48.5 Å². The van der Waals surface area contributed by atoms with E-state index in [2.05, 4.69) is 38.1 Å². The van der Waals surface area contributed by atoms with Crippen molar-refractivity contribution >= 4 is 0 Å². The minimum Gasteiger partial charge on any atom is -0.508 e. The van der Waals surface area contributed by atoms with E-state index in [1.165, 1.54) is 49.7 Å². The van der Waals surface area contributed by atoms with Crippen LogP contribution in [-0.2, 0) is 5.41 Å². The number of unbranched alkanes of at least 4 members (excludes halogenated alkanes) is 5. The highest BCUT2D eigenvalue weighted by atomic mass is 16.3. The maximum Gasteiger partial charge on any atom is 0.115 e. The van der Waals surface area contributed by atoms with Crippen molar-refractivity contribution in [3.63, 3.8) is 0 Å². The average Bonchev–Trinajstić information content (AvgIpc) is 2.65. The fourth-order valence-electron chi connectivity index (χ4n) is 4.06. The third-order valence-corrected chi connectivity index (χ3v) is 5.47. The van der Waals surface area contributed by atoms with Crippen molar-refractivity contribution in [1.29, 1.82) is 0 Å². The second-order valence-corrected chi connectivity index (χ2v) is 7.44. The topological polar surface area (TPSA) is 40.5 Å². The summed E-state index contributed by atoms with van der Waals surface area (Å²) in [5.74, 6) is 0.619. The first-order valence-electron chi connectivity index (χ1n) is 10.2. The molecule has 0 radical (unpaired) electrons. The molecule has 0 atom stereocenters. The standard InChI is InChI=1S/C24H34O2/c1-3-5-6-7-8-9-19-24(18-4-2,20-10-14-22(25)15-11-20)21-12-16-23(26)17-13-21/h10-17,25-26H,3-9,18-19H2,1-2H3. The molecule has 0 unspecified atom stereocenters. The Balaban J connectivity index is 2.28. The maximum absolute atomic E-state index is 9.72. The van der Waals surface area contributed by atoms with E-state index in [0.29, 0.717) is 11.5 Å². The van der Waals surface area contributed by atoms with Gasteiger partial charge < -0.3 is 10.2 Å². The number of phenols is 2. The smallest absolute Gasteiger partial charge is 0.115 e. The highest BCUT2D eigenvalue weighted by Crippen LogP contribution is 2.42. The normalized spacial score (nSPS) is 11.6. The molecule has 142 valence electrons. The van der Waals surface area contributed by atoms with E-state index in [1.807, 2.05) is 0 Å². The first-order chi connectivity index (χ1) is 12.6. The quantitative estimate of drug-likeness (QED) is 0.429. The Labute approximate surface area is 158 Å². The van der Waals surface area contributed by atoms with Crippen molar-refractivity contribution in [1.82, 2.24) is 0 Å². The number of benzene rings is 2. The Morgan fingerprint density at radius 1 is 0.577 bits per heavy atom. The molecule has 0 aliphatic carbocycles. The third kappa shape index (κ3) is 5.27. The predicted molar refractivity (Wildman–Crippen MR) is 110 cm³/mol. The molecular weight excluding hydrogens is 320 g/mol. The van der Waals surface area contributed by atoms with Gasteiger partial charge in [0.25, 0.3) is 0 Å². The molecule has 0 amide bonds. The summed E-state index contributed by atoms with van der Waals surface area (Å²) in [6.45, 7) is 4.48. The zero-order valence-electron chi connectivity index (χ0n) is 16.4. The lowest BCUT2D eigenvalue weighted by Gasteiger charge is -2.35. The van der Waals surface area contributed by atoms with Crippen LogP contribution < -0.4 is 0 Å². The zero-order chi connectivity index (χ0) is 18.8. The summed E-state index contributed by atoms with van der Waals surface area (Å²) >= 11 is 0. The Morgan fingerprint density at radius 3 is 1.50 bits per heavy atom. The summed E-state index contributed by atoms with van der Waals surface area (Å²) < 4.78 is 0. The molecule has 0 heterocycles. The minimum atomic E-state index is -0.0547. The van der Waals surface area contributed by atoms with E-state index in [-0.39, 0.29) is 5.41 Å².